The summed E-state index contributed by atoms with van der Waals surface area (Å²) >= 11 is 3.32. The average Bonchev–Trinajstić information content (AvgIpc) is 2.66. The van der Waals surface area contributed by atoms with Crippen molar-refractivity contribution in [2.45, 2.75) is 6.42 Å². The number of nitrogens with zero attached hydrogens (tertiary/aromatic N) is 3. The van der Waals surface area contributed by atoms with Crippen LogP contribution in [0.25, 0.3) is 5.69 Å². The fourth-order valence-corrected chi connectivity index (χ4v) is 3.12. The van der Waals surface area contributed by atoms with Crippen molar-refractivity contribution in [3.05, 3.63) is 55.1 Å². The van der Waals surface area contributed by atoms with Crippen LogP contribution in [0.2, 0.25) is 0 Å². The first kappa shape index (κ1) is 19.5. The molecule has 0 aliphatic carbocycles. The van der Waals surface area contributed by atoms with Crippen molar-refractivity contribution in [1.82, 2.24) is 14.5 Å². The molecule has 0 spiro atoms. The molecule has 0 radical (unpaired) electrons. The van der Waals surface area contributed by atoms with E-state index in [1.165, 1.54) is 6.21 Å². The fourth-order valence-electron chi connectivity index (χ4n) is 2.85. The molecule has 1 aromatic carbocycles. The van der Waals surface area contributed by atoms with E-state index < -0.39 is 17.1 Å². The highest BCUT2D eigenvalue weighted by Crippen LogP contribution is 2.18. The van der Waals surface area contributed by atoms with Gasteiger partial charge in [-0.3, -0.25) is 19.7 Å². The van der Waals surface area contributed by atoms with Crippen LogP contribution in [-0.4, -0.2) is 65.2 Å². The summed E-state index contributed by atoms with van der Waals surface area (Å²) in [6.07, 6.45) is 2.16. The Morgan fingerprint density at radius 2 is 1.93 bits per heavy atom. The van der Waals surface area contributed by atoms with Crippen molar-refractivity contribution in [2.75, 3.05) is 39.4 Å². The highest BCUT2D eigenvalue weighted by Gasteiger charge is 2.14. The topological polar surface area (TPSA) is 99.9 Å². The first-order valence-electron chi connectivity index (χ1n) is 8.70. The molecule has 3 rings (SSSR count). The Balaban J connectivity index is 1.73. The quantitative estimate of drug-likeness (QED) is 0.522. The second-order valence-corrected chi connectivity index (χ2v) is 7.07. The number of nitrogens with one attached hydrogen (secondary N) is 1. The van der Waals surface area contributed by atoms with Gasteiger partial charge in [0.1, 0.15) is 5.56 Å². The van der Waals surface area contributed by atoms with Gasteiger partial charge in [-0.2, -0.15) is 0 Å². The second-order valence-electron chi connectivity index (χ2n) is 6.15. The molecular formula is C18H21BrN4O4. The summed E-state index contributed by atoms with van der Waals surface area (Å²) in [7, 11) is 0. The van der Waals surface area contributed by atoms with Gasteiger partial charge in [-0.15, -0.1) is 0 Å². The molecule has 2 aromatic rings. The highest BCUT2D eigenvalue weighted by atomic mass is 79.9. The Bertz CT molecular complexity index is 914. The first-order chi connectivity index (χ1) is 13.1. The molecule has 0 saturated carbocycles. The van der Waals surface area contributed by atoms with E-state index in [2.05, 4.69) is 30.8 Å². The fraction of sp³-hybridized carbons (Fsp3) is 0.389. The lowest BCUT2D eigenvalue weighted by Crippen LogP contribution is -2.37. The number of hydrogen-bond donors (Lipinski definition) is 2. The maximum absolute atomic E-state index is 12.1. The first-order valence-corrected chi connectivity index (χ1v) is 9.50. The van der Waals surface area contributed by atoms with Crippen LogP contribution >= 0.6 is 15.9 Å². The lowest BCUT2D eigenvalue weighted by Gasteiger charge is -2.26. The molecule has 1 aliphatic heterocycles. The van der Waals surface area contributed by atoms with Crippen molar-refractivity contribution in [2.24, 2.45) is 4.99 Å². The van der Waals surface area contributed by atoms with E-state index in [0.29, 0.717) is 12.2 Å². The zero-order valence-electron chi connectivity index (χ0n) is 14.7. The number of aromatic nitrogens is 2. The van der Waals surface area contributed by atoms with Gasteiger partial charge in [-0.05, 0) is 30.7 Å². The molecule has 1 aliphatic rings. The molecule has 144 valence electrons. The van der Waals surface area contributed by atoms with Gasteiger partial charge in [0.25, 0.3) is 5.56 Å². The van der Waals surface area contributed by atoms with E-state index in [0.717, 1.165) is 48.3 Å². The van der Waals surface area contributed by atoms with Gasteiger partial charge in [0.15, 0.2) is 0 Å². The van der Waals surface area contributed by atoms with Crippen molar-refractivity contribution in [3.8, 4) is 11.6 Å². The molecule has 2 heterocycles. The highest BCUT2D eigenvalue weighted by molar-refractivity contribution is 9.10. The van der Waals surface area contributed by atoms with E-state index >= 15 is 0 Å². The number of morpholine rings is 1. The monoisotopic (exact) mass is 436 g/mol. The predicted molar refractivity (Wildman–Crippen MR) is 106 cm³/mol. The SMILES string of the molecule is O=c1[nH]c(=O)n(-c2ccc(Br)cc2)c(O)c1C=NCCCN1CCOCC1. The van der Waals surface area contributed by atoms with Gasteiger partial charge in [-0.1, -0.05) is 15.9 Å². The van der Waals surface area contributed by atoms with Crippen molar-refractivity contribution < 1.29 is 9.84 Å². The summed E-state index contributed by atoms with van der Waals surface area (Å²) in [6, 6.07) is 6.80. The van der Waals surface area contributed by atoms with E-state index in [9.17, 15) is 14.7 Å². The summed E-state index contributed by atoms with van der Waals surface area (Å²) in [4.78, 5) is 32.9. The summed E-state index contributed by atoms with van der Waals surface area (Å²) in [6.45, 7) is 4.77. The predicted octanol–water partition coefficient (Wildman–Crippen LogP) is 1.14. The van der Waals surface area contributed by atoms with Crippen LogP contribution < -0.4 is 11.2 Å². The smallest absolute Gasteiger partial charge is 0.335 e. The molecule has 0 unspecified atom stereocenters. The normalized spacial score (nSPS) is 15.4. The number of ether oxygens (including phenoxy) is 1. The molecule has 1 aromatic heterocycles. The number of aromatic hydroxyl groups is 1. The zero-order valence-corrected chi connectivity index (χ0v) is 16.3. The van der Waals surface area contributed by atoms with Crippen LogP contribution in [-0.2, 0) is 4.74 Å². The molecule has 9 heteroatoms. The zero-order chi connectivity index (χ0) is 19.2. The minimum Gasteiger partial charge on any atom is -0.493 e. The molecule has 8 nitrogen and oxygen atoms in total. The maximum Gasteiger partial charge on any atom is 0.335 e. The number of hydrogen-bond acceptors (Lipinski definition) is 6. The minimum atomic E-state index is -0.704. The summed E-state index contributed by atoms with van der Waals surface area (Å²) < 4.78 is 7.19. The van der Waals surface area contributed by atoms with Crippen molar-refractivity contribution in [3.63, 3.8) is 0 Å². The molecule has 1 fully saturated rings. The number of H-pyrrole nitrogens is 1. The number of benzene rings is 1. The summed E-state index contributed by atoms with van der Waals surface area (Å²) in [5, 5.41) is 10.5. The lowest BCUT2D eigenvalue weighted by molar-refractivity contribution is 0.0377. The molecule has 0 amide bonds. The molecule has 27 heavy (non-hydrogen) atoms. The van der Waals surface area contributed by atoms with Gasteiger partial charge in [0.2, 0.25) is 5.88 Å². The lowest BCUT2D eigenvalue weighted by atomic mass is 10.3. The number of aliphatic imine (C=N–C) groups is 1. The van der Waals surface area contributed by atoms with E-state index in [-0.39, 0.29) is 5.56 Å². The maximum atomic E-state index is 12.1. The summed E-state index contributed by atoms with van der Waals surface area (Å²) in [5.74, 6) is -0.428. The molecule has 2 N–H and O–H groups in total. The van der Waals surface area contributed by atoms with E-state index in [1.54, 1.807) is 24.3 Å². The third-order valence-electron chi connectivity index (χ3n) is 4.29. The Hall–Kier alpha value is -2.23. The molecular weight excluding hydrogens is 416 g/mol. The standard InChI is InChI=1S/C18H21BrN4O4/c19-13-2-4-14(5-3-13)23-17(25)15(16(24)21-18(23)26)12-20-6-1-7-22-8-10-27-11-9-22/h2-5,12,25H,1,6-11H2,(H,21,24,26). The van der Waals surface area contributed by atoms with Gasteiger partial charge in [0.05, 0.1) is 18.9 Å². The minimum absolute atomic E-state index is 0.0381. The van der Waals surface area contributed by atoms with Crippen LogP contribution in [0, 0.1) is 0 Å². The molecule has 0 atom stereocenters. The van der Waals surface area contributed by atoms with E-state index in [1.807, 2.05) is 0 Å². The Kier molecular flexibility index (Phi) is 6.59. The Labute approximate surface area is 164 Å². The Morgan fingerprint density at radius 3 is 2.63 bits per heavy atom. The Morgan fingerprint density at radius 1 is 1.22 bits per heavy atom. The van der Waals surface area contributed by atoms with Crippen molar-refractivity contribution in [1.29, 1.82) is 0 Å². The van der Waals surface area contributed by atoms with Gasteiger partial charge < -0.3 is 9.84 Å². The van der Waals surface area contributed by atoms with Crippen molar-refractivity contribution >= 4 is 22.1 Å². The summed E-state index contributed by atoms with van der Waals surface area (Å²) in [5.41, 5.74) is -0.963. The van der Waals surface area contributed by atoms with Gasteiger partial charge in [-0.25, -0.2) is 9.36 Å². The number of halogens is 1. The third-order valence-corrected chi connectivity index (χ3v) is 4.82. The van der Waals surface area contributed by atoms with Crippen LogP contribution in [0.3, 0.4) is 0 Å². The molecule has 0 bridgehead atoms. The average molecular weight is 437 g/mol. The van der Waals surface area contributed by atoms with Crippen LogP contribution in [0.4, 0.5) is 0 Å². The number of aromatic amines is 1. The van der Waals surface area contributed by atoms with Gasteiger partial charge >= 0.3 is 5.69 Å². The van der Waals surface area contributed by atoms with Crippen LogP contribution in [0.5, 0.6) is 5.88 Å². The van der Waals surface area contributed by atoms with Crippen LogP contribution in [0.15, 0.2) is 43.3 Å². The van der Waals surface area contributed by atoms with E-state index in [4.69, 9.17) is 4.74 Å². The second kappa shape index (κ2) is 9.12. The third kappa shape index (κ3) is 4.94. The largest absolute Gasteiger partial charge is 0.493 e. The van der Waals surface area contributed by atoms with Gasteiger partial charge in [0, 0.05) is 36.9 Å². The molecule has 1 saturated heterocycles. The number of rotatable bonds is 6. The van der Waals surface area contributed by atoms with Crippen LogP contribution in [0.1, 0.15) is 12.0 Å².